The van der Waals surface area contributed by atoms with Crippen LogP contribution in [0.25, 0.3) is 0 Å². The Hall–Kier alpha value is -0.200. The summed E-state index contributed by atoms with van der Waals surface area (Å²) in [5.41, 5.74) is 0. The molecule has 0 aliphatic carbocycles. The topological polar surface area (TPSA) is 84.2 Å². The summed E-state index contributed by atoms with van der Waals surface area (Å²) >= 11 is 0. The van der Waals surface area contributed by atoms with Gasteiger partial charge in [-0.2, -0.15) is 0 Å². The second-order valence-corrected chi connectivity index (χ2v) is 3.68. The lowest BCUT2D eigenvalue weighted by Crippen LogP contribution is -2.38. The van der Waals surface area contributed by atoms with E-state index in [0.717, 1.165) is 6.54 Å². The second kappa shape index (κ2) is 9.06. The third-order valence-electron chi connectivity index (χ3n) is 2.31. The lowest BCUT2D eigenvalue weighted by atomic mass is 10.2. The van der Waals surface area contributed by atoms with Crippen LogP contribution in [0.3, 0.4) is 0 Å². The first-order chi connectivity index (χ1) is 7.13. The van der Waals surface area contributed by atoms with Crippen LogP contribution in [0.5, 0.6) is 0 Å². The van der Waals surface area contributed by atoms with Gasteiger partial charge in [-0.05, 0) is 19.4 Å². The molecular weight excluding hydrogens is 198 g/mol. The summed E-state index contributed by atoms with van der Waals surface area (Å²) < 4.78 is 0. The normalized spacial score (nSPS) is 15.6. The van der Waals surface area contributed by atoms with Gasteiger partial charge in [-0.25, -0.2) is 0 Å². The average molecular weight is 221 g/mol. The summed E-state index contributed by atoms with van der Waals surface area (Å²) in [4.78, 5) is 1.90. The van der Waals surface area contributed by atoms with Crippen molar-refractivity contribution in [3.05, 3.63) is 0 Å². The first kappa shape index (κ1) is 14.8. The highest BCUT2D eigenvalue weighted by molar-refractivity contribution is 4.67. The highest BCUT2D eigenvalue weighted by Gasteiger charge is 2.13. The maximum absolute atomic E-state index is 9.46. The number of nitrogens with zero attached hydrogens (tertiary/aromatic N) is 1. The molecule has 0 bridgehead atoms. The summed E-state index contributed by atoms with van der Waals surface area (Å²) in [5, 5.41) is 36.2. The molecule has 0 aliphatic heterocycles. The zero-order chi connectivity index (χ0) is 11.7. The van der Waals surface area contributed by atoms with Gasteiger partial charge >= 0.3 is 0 Å². The van der Waals surface area contributed by atoms with Crippen LogP contribution in [0, 0.1) is 0 Å². The van der Waals surface area contributed by atoms with Crippen LogP contribution in [0.1, 0.15) is 19.8 Å². The van der Waals surface area contributed by atoms with Crippen molar-refractivity contribution in [1.29, 1.82) is 0 Å². The Labute approximate surface area is 91.0 Å². The predicted molar refractivity (Wildman–Crippen MR) is 57.5 cm³/mol. The lowest BCUT2D eigenvalue weighted by Gasteiger charge is -2.25. The summed E-state index contributed by atoms with van der Waals surface area (Å²) in [7, 11) is 0. The third kappa shape index (κ3) is 7.70. The Balaban J connectivity index is 3.80. The molecular formula is C10H23NO4. The minimum Gasteiger partial charge on any atom is -0.396 e. The Bertz CT molecular complexity index is 131. The first-order valence-corrected chi connectivity index (χ1v) is 5.44. The van der Waals surface area contributed by atoms with Crippen molar-refractivity contribution < 1.29 is 20.4 Å². The van der Waals surface area contributed by atoms with E-state index >= 15 is 0 Å². The molecule has 0 saturated carbocycles. The molecule has 2 unspecified atom stereocenters. The molecule has 0 aromatic heterocycles. The maximum Gasteiger partial charge on any atom is 0.0689 e. The number of aliphatic hydroxyl groups is 4. The van der Waals surface area contributed by atoms with Crippen molar-refractivity contribution in [3.63, 3.8) is 0 Å². The van der Waals surface area contributed by atoms with Gasteiger partial charge in [-0.1, -0.05) is 6.92 Å². The van der Waals surface area contributed by atoms with Crippen LogP contribution in [0.2, 0.25) is 0 Å². The Morgan fingerprint density at radius 3 is 1.60 bits per heavy atom. The van der Waals surface area contributed by atoms with Crippen LogP contribution in [0.4, 0.5) is 0 Å². The highest BCUT2D eigenvalue weighted by Crippen LogP contribution is 2.00. The standard InChI is InChI=1S/C10H23NO4/c1-2-11(7-9(14)3-5-12)8-10(15)4-6-13/h9-10,12-15H,2-8H2,1H3. The average Bonchev–Trinajstić information content (AvgIpc) is 2.17. The molecule has 0 aromatic rings. The fourth-order valence-electron chi connectivity index (χ4n) is 1.41. The largest absolute Gasteiger partial charge is 0.396 e. The molecule has 0 radical (unpaired) electrons. The fourth-order valence-corrected chi connectivity index (χ4v) is 1.41. The van der Waals surface area contributed by atoms with Gasteiger partial charge in [0, 0.05) is 26.3 Å². The van der Waals surface area contributed by atoms with E-state index in [1.807, 2.05) is 11.8 Å². The van der Waals surface area contributed by atoms with E-state index in [-0.39, 0.29) is 13.2 Å². The number of likely N-dealkylation sites (N-methyl/N-ethyl adjacent to an activating group) is 1. The van der Waals surface area contributed by atoms with Crippen molar-refractivity contribution in [2.75, 3.05) is 32.8 Å². The molecule has 0 aromatic carbocycles. The van der Waals surface area contributed by atoms with E-state index in [9.17, 15) is 10.2 Å². The van der Waals surface area contributed by atoms with E-state index < -0.39 is 12.2 Å². The van der Waals surface area contributed by atoms with Crippen molar-refractivity contribution in [1.82, 2.24) is 4.90 Å². The van der Waals surface area contributed by atoms with E-state index in [0.29, 0.717) is 25.9 Å². The molecule has 4 N–H and O–H groups in total. The zero-order valence-corrected chi connectivity index (χ0v) is 9.34. The minimum absolute atomic E-state index is 0.0298. The number of aliphatic hydroxyl groups excluding tert-OH is 4. The van der Waals surface area contributed by atoms with E-state index in [1.165, 1.54) is 0 Å². The zero-order valence-electron chi connectivity index (χ0n) is 9.34. The predicted octanol–water partition coefficient (Wildman–Crippen LogP) is -1.21. The van der Waals surface area contributed by atoms with Crippen LogP contribution in [-0.2, 0) is 0 Å². The Morgan fingerprint density at radius 2 is 1.33 bits per heavy atom. The maximum atomic E-state index is 9.46. The molecule has 0 saturated heterocycles. The SMILES string of the molecule is CCN(CC(O)CCO)CC(O)CCO. The van der Waals surface area contributed by atoms with Gasteiger partial charge in [0.15, 0.2) is 0 Å². The smallest absolute Gasteiger partial charge is 0.0689 e. The molecule has 92 valence electrons. The Kier molecular flexibility index (Phi) is 8.94. The summed E-state index contributed by atoms with van der Waals surface area (Å²) in [6.07, 6.45) is -0.410. The van der Waals surface area contributed by atoms with Crippen LogP contribution < -0.4 is 0 Å². The quantitative estimate of drug-likeness (QED) is 0.393. The summed E-state index contributed by atoms with van der Waals surface area (Å²) in [5.74, 6) is 0. The van der Waals surface area contributed by atoms with Crippen LogP contribution in [0.15, 0.2) is 0 Å². The molecule has 15 heavy (non-hydrogen) atoms. The van der Waals surface area contributed by atoms with Crippen LogP contribution in [-0.4, -0.2) is 70.4 Å². The van der Waals surface area contributed by atoms with Gasteiger partial charge in [-0.3, -0.25) is 4.90 Å². The minimum atomic E-state index is -0.559. The van der Waals surface area contributed by atoms with Crippen molar-refractivity contribution in [2.45, 2.75) is 32.0 Å². The van der Waals surface area contributed by atoms with Gasteiger partial charge < -0.3 is 20.4 Å². The van der Waals surface area contributed by atoms with Crippen molar-refractivity contribution >= 4 is 0 Å². The van der Waals surface area contributed by atoms with Gasteiger partial charge in [0.25, 0.3) is 0 Å². The molecule has 0 spiro atoms. The highest BCUT2D eigenvalue weighted by atomic mass is 16.3. The number of hydrogen-bond donors (Lipinski definition) is 4. The second-order valence-electron chi connectivity index (χ2n) is 3.68. The fraction of sp³-hybridized carbons (Fsp3) is 1.00. The van der Waals surface area contributed by atoms with E-state index in [4.69, 9.17) is 10.2 Å². The molecule has 0 rings (SSSR count). The summed E-state index contributed by atoms with van der Waals surface area (Å²) in [6.45, 7) is 3.50. The van der Waals surface area contributed by atoms with Crippen molar-refractivity contribution in [2.24, 2.45) is 0 Å². The van der Waals surface area contributed by atoms with Gasteiger partial charge in [0.2, 0.25) is 0 Å². The number of rotatable bonds is 9. The molecule has 5 heteroatoms. The number of hydrogen-bond acceptors (Lipinski definition) is 5. The molecule has 5 nitrogen and oxygen atoms in total. The Morgan fingerprint density at radius 1 is 0.933 bits per heavy atom. The van der Waals surface area contributed by atoms with Gasteiger partial charge in [-0.15, -0.1) is 0 Å². The van der Waals surface area contributed by atoms with Crippen LogP contribution >= 0.6 is 0 Å². The third-order valence-corrected chi connectivity index (χ3v) is 2.31. The molecule has 0 amide bonds. The molecule has 2 atom stereocenters. The van der Waals surface area contributed by atoms with Gasteiger partial charge in [0.05, 0.1) is 12.2 Å². The van der Waals surface area contributed by atoms with E-state index in [2.05, 4.69) is 0 Å². The lowest BCUT2D eigenvalue weighted by molar-refractivity contribution is 0.0513. The molecule has 0 heterocycles. The van der Waals surface area contributed by atoms with Crippen molar-refractivity contribution in [3.8, 4) is 0 Å². The molecule has 0 fully saturated rings. The van der Waals surface area contributed by atoms with E-state index in [1.54, 1.807) is 0 Å². The first-order valence-electron chi connectivity index (χ1n) is 5.44. The monoisotopic (exact) mass is 221 g/mol. The molecule has 0 aliphatic rings. The van der Waals surface area contributed by atoms with Gasteiger partial charge in [0.1, 0.15) is 0 Å². The summed E-state index contributed by atoms with van der Waals surface area (Å²) in [6, 6.07) is 0.